The van der Waals surface area contributed by atoms with E-state index in [2.05, 4.69) is 0 Å². The van der Waals surface area contributed by atoms with Gasteiger partial charge in [0, 0.05) is 13.7 Å². The molecule has 2 aliphatic rings. The van der Waals surface area contributed by atoms with E-state index in [1.165, 1.54) is 0 Å². The van der Waals surface area contributed by atoms with Crippen LogP contribution in [0.15, 0.2) is 0 Å². The first-order valence-corrected chi connectivity index (χ1v) is 8.54. The number of morpholine rings is 1. The number of amides is 1. The molecule has 134 valence electrons. The molecule has 2 rings (SSSR count). The summed E-state index contributed by atoms with van der Waals surface area (Å²) in [5, 5.41) is 10.9. The number of unbranched alkanes of at least 4 members (excludes halogenated alkanes) is 1. The fourth-order valence-electron chi connectivity index (χ4n) is 3.59. The summed E-state index contributed by atoms with van der Waals surface area (Å²) in [6.07, 6.45) is 3.42. The number of ether oxygens (including phenoxy) is 3. The van der Waals surface area contributed by atoms with Crippen LogP contribution in [-0.2, 0) is 14.2 Å². The second-order valence-corrected chi connectivity index (χ2v) is 7.82. The van der Waals surface area contributed by atoms with E-state index in [9.17, 15) is 9.90 Å². The summed E-state index contributed by atoms with van der Waals surface area (Å²) in [7, 11) is 1.69. The lowest BCUT2D eigenvalue weighted by Crippen LogP contribution is -2.64. The number of fused-ring (bicyclic) bond motifs is 2. The van der Waals surface area contributed by atoms with Crippen LogP contribution in [0.3, 0.4) is 0 Å². The average Bonchev–Trinajstić information content (AvgIpc) is 2.40. The second-order valence-electron chi connectivity index (χ2n) is 7.82. The molecule has 0 spiro atoms. The van der Waals surface area contributed by atoms with Crippen LogP contribution in [0.2, 0.25) is 0 Å². The number of hydrogen-bond donors (Lipinski definition) is 1. The van der Waals surface area contributed by atoms with Gasteiger partial charge in [0.1, 0.15) is 5.60 Å². The molecular formula is C17H31NO5. The van der Waals surface area contributed by atoms with Crippen LogP contribution in [0.1, 0.15) is 52.9 Å². The Kier molecular flexibility index (Phi) is 5.92. The van der Waals surface area contributed by atoms with Crippen molar-refractivity contribution in [2.45, 2.75) is 76.2 Å². The van der Waals surface area contributed by atoms with Crippen molar-refractivity contribution in [3.8, 4) is 0 Å². The lowest BCUT2D eigenvalue weighted by atomic mass is 9.78. The van der Waals surface area contributed by atoms with Crippen LogP contribution in [-0.4, -0.2) is 66.3 Å². The van der Waals surface area contributed by atoms with Crippen molar-refractivity contribution in [2.24, 2.45) is 0 Å². The molecule has 2 unspecified atom stereocenters. The molecule has 0 aromatic rings. The summed E-state index contributed by atoms with van der Waals surface area (Å²) >= 11 is 0. The summed E-state index contributed by atoms with van der Waals surface area (Å²) in [5.74, 6) is 0. The van der Waals surface area contributed by atoms with Crippen LogP contribution in [0, 0.1) is 0 Å². The summed E-state index contributed by atoms with van der Waals surface area (Å²) in [6, 6.07) is -0.213. The molecule has 1 amide bonds. The van der Waals surface area contributed by atoms with E-state index in [0.29, 0.717) is 26.1 Å². The molecule has 0 aromatic carbocycles. The highest BCUT2D eigenvalue weighted by molar-refractivity contribution is 5.69. The zero-order chi connectivity index (χ0) is 17.1. The molecule has 2 aliphatic heterocycles. The number of nitrogens with zero attached hydrogens (tertiary/aromatic N) is 1. The Morgan fingerprint density at radius 2 is 1.87 bits per heavy atom. The first kappa shape index (κ1) is 18.5. The van der Waals surface area contributed by atoms with E-state index >= 15 is 0 Å². The molecule has 1 N–H and O–H groups in total. The van der Waals surface area contributed by atoms with Gasteiger partial charge in [-0.3, -0.25) is 4.90 Å². The van der Waals surface area contributed by atoms with Crippen LogP contribution < -0.4 is 0 Å². The van der Waals surface area contributed by atoms with Crippen molar-refractivity contribution in [2.75, 3.05) is 26.9 Å². The van der Waals surface area contributed by atoms with Crippen LogP contribution >= 0.6 is 0 Å². The minimum atomic E-state index is -0.717. The maximum absolute atomic E-state index is 12.5. The predicted octanol–water partition coefficient (Wildman–Crippen LogP) is 2.33. The van der Waals surface area contributed by atoms with Crippen molar-refractivity contribution in [3.63, 3.8) is 0 Å². The highest BCUT2D eigenvalue weighted by Gasteiger charge is 2.48. The van der Waals surface area contributed by atoms with Gasteiger partial charge in [0.15, 0.2) is 0 Å². The molecule has 23 heavy (non-hydrogen) atoms. The first-order valence-electron chi connectivity index (χ1n) is 8.54. The molecule has 0 saturated carbocycles. The number of methoxy groups -OCH3 is 1. The van der Waals surface area contributed by atoms with Crippen molar-refractivity contribution in [1.82, 2.24) is 4.90 Å². The number of hydrogen-bond acceptors (Lipinski definition) is 5. The third-order valence-corrected chi connectivity index (χ3v) is 4.48. The van der Waals surface area contributed by atoms with Gasteiger partial charge in [-0.15, -0.1) is 0 Å². The lowest BCUT2D eigenvalue weighted by Gasteiger charge is -2.51. The summed E-state index contributed by atoms with van der Waals surface area (Å²) in [4.78, 5) is 14.3. The van der Waals surface area contributed by atoms with E-state index in [1.807, 2.05) is 20.8 Å². The van der Waals surface area contributed by atoms with Crippen molar-refractivity contribution >= 4 is 6.09 Å². The van der Waals surface area contributed by atoms with Crippen molar-refractivity contribution < 1.29 is 24.1 Å². The Bertz CT molecular complexity index is 392. The molecule has 0 aromatic heterocycles. The molecule has 0 radical (unpaired) electrons. The highest BCUT2D eigenvalue weighted by Crippen LogP contribution is 2.38. The zero-order valence-corrected chi connectivity index (χ0v) is 14.8. The Morgan fingerprint density at radius 3 is 2.39 bits per heavy atom. The molecule has 6 heteroatoms. The van der Waals surface area contributed by atoms with E-state index in [4.69, 9.17) is 14.2 Å². The topological polar surface area (TPSA) is 68.2 Å². The molecule has 2 bridgehead atoms. The lowest BCUT2D eigenvalue weighted by molar-refractivity contribution is -0.140. The summed E-state index contributed by atoms with van der Waals surface area (Å²) < 4.78 is 16.2. The monoisotopic (exact) mass is 329 g/mol. The molecule has 2 saturated heterocycles. The molecule has 2 fully saturated rings. The van der Waals surface area contributed by atoms with Gasteiger partial charge in [-0.2, -0.15) is 0 Å². The van der Waals surface area contributed by atoms with Crippen molar-refractivity contribution in [1.29, 1.82) is 0 Å². The number of rotatable bonds is 5. The third-order valence-electron chi connectivity index (χ3n) is 4.48. The summed E-state index contributed by atoms with van der Waals surface area (Å²) in [5.41, 5.74) is -1.23. The normalized spacial score (nSPS) is 31.1. The van der Waals surface area contributed by atoms with Gasteiger partial charge >= 0.3 is 6.09 Å². The van der Waals surface area contributed by atoms with Gasteiger partial charge in [0.2, 0.25) is 0 Å². The maximum Gasteiger partial charge on any atom is 0.410 e. The largest absolute Gasteiger partial charge is 0.444 e. The predicted molar refractivity (Wildman–Crippen MR) is 86.4 cm³/mol. The number of aliphatic hydroxyl groups is 1. The summed E-state index contributed by atoms with van der Waals surface area (Å²) in [6.45, 7) is 7.26. The Morgan fingerprint density at radius 1 is 1.26 bits per heavy atom. The second kappa shape index (κ2) is 7.36. The van der Waals surface area contributed by atoms with Gasteiger partial charge in [0.25, 0.3) is 0 Å². The van der Waals surface area contributed by atoms with Gasteiger partial charge in [0.05, 0.1) is 30.9 Å². The highest BCUT2D eigenvalue weighted by atomic mass is 16.6. The van der Waals surface area contributed by atoms with E-state index in [0.717, 1.165) is 25.9 Å². The minimum absolute atomic E-state index is 0.107. The first-order chi connectivity index (χ1) is 10.7. The van der Waals surface area contributed by atoms with Crippen LogP contribution in [0.5, 0.6) is 0 Å². The quantitative estimate of drug-likeness (QED) is 0.784. The SMILES string of the molecule is COCCCCC1(O)CC2COCC(C1)N2C(=O)OC(C)(C)C. The van der Waals surface area contributed by atoms with Crippen LogP contribution in [0.4, 0.5) is 4.79 Å². The van der Waals surface area contributed by atoms with Gasteiger partial charge in [-0.1, -0.05) is 0 Å². The Hall–Kier alpha value is -0.850. The van der Waals surface area contributed by atoms with E-state index in [-0.39, 0.29) is 18.2 Å². The Balaban J connectivity index is 1.98. The zero-order valence-electron chi connectivity index (χ0n) is 14.8. The minimum Gasteiger partial charge on any atom is -0.444 e. The van der Waals surface area contributed by atoms with Crippen LogP contribution in [0.25, 0.3) is 0 Å². The molecule has 6 nitrogen and oxygen atoms in total. The van der Waals surface area contributed by atoms with Gasteiger partial charge in [-0.25, -0.2) is 4.79 Å². The van der Waals surface area contributed by atoms with Crippen molar-refractivity contribution in [3.05, 3.63) is 0 Å². The maximum atomic E-state index is 12.5. The smallest absolute Gasteiger partial charge is 0.410 e. The average molecular weight is 329 g/mol. The number of piperidine rings is 1. The standard InChI is InChI=1S/C17H31NO5/c1-16(2,3)23-15(19)18-13-9-17(20,7-5-6-8-21-4)10-14(18)12-22-11-13/h13-14,20H,5-12H2,1-4H3. The third kappa shape index (κ3) is 5.06. The van der Waals surface area contributed by atoms with Gasteiger partial charge < -0.3 is 19.3 Å². The molecule has 2 heterocycles. The van der Waals surface area contributed by atoms with E-state index in [1.54, 1.807) is 12.0 Å². The molecular weight excluding hydrogens is 298 g/mol. The Labute approximate surface area is 139 Å². The molecule has 0 aliphatic carbocycles. The number of carbonyl (C=O) groups excluding carboxylic acids is 1. The fraction of sp³-hybridized carbons (Fsp3) is 0.941. The molecule has 2 atom stereocenters. The van der Waals surface area contributed by atoms with Gasteiger partial charge in [-0.05, 0) is 52.9 Å². The number of carbonyl (C=O) groups is 1. The fourth-order valence-corrected chi connectivity index (χ4v) is 3.59. The van der Waals surface area contributed by atoms with E-state index < -0.39 is 11.2 Å².